The van der Waals surface area contributed by atoms with Crippen LogP contribution in [0.1, 0.15) is 42.2 Å². The van der Waals surface area contributed by atoms with E-state index in [9.17, 15) is 9.90 Å². The Labute approximate surface area is 120 Å². The molecule has 0 aliphatic heterocycles. The number of hydrogen-bond donors (Lipinski definition) is 1. The SMILES string of the molecule is O=C(O)c1cc2cnc(Cl)nc2n1[C@H]1C[C@@H]2CC[C@H]1C2. The maximum atomic E-state index is 11.5. The third-order valence-corrected chi connectivity index (χ3v) is 4.98. The molecule has 0 unspecified atom stereocenters. The van der Waals surface area contributed by atoms with Gasteiger partial charge in [-0.3, -0.25) is 0 Å². The molecule has 5 nitrogen and oxygen atoms in total. The van der Waals surface area contributed by atoms with Crippen LogP contribution < -0.4 is 0 Å². The first kappa shape index (κ1) is 12.1. The van der Waals surface area contributed by atoms with E-state index in [1.807, 2.05) is 4.57 Å². The predicted molar refractivity (Wildman–Crippen MR) is 74.0 cm³/mol. The molecule has 6 heteroatoms. The van der Waals surface area contributed by atoms with Crippen molar-refractivity contribution < 1.29 is 9.90 Å². The van der Waals surface area contributed by atoms with Crippen molar-refractivity contribution in [3.05, 3.63) is 23.2 Å². The molecule has 0 radical (unpaired) electrons. The zero-order chi connectivity index (χ0) is 13.9. The Morgan fingerprint density at radius 1 is 1.40 bits per heavy atom. The molecule has 2 aromatic heterocycles. The van der Waals surface area contributed by atoms with E-state index in [1.54, 1.807) is 12.3 Å². The summed E-state index contributed by atoms with van der Waals surface area (Å²) in [7, 11) is 0. The van der Waals surface area contributed by atoms with E-state index >= 15 is 0 Å². The predicted octanol–water partition coefficient (Wildman–Crippen LogP) is 3.14. The van der Waals surface area contributed by atoms with E-state index in [0.717, 1.165) is 17.7 Å². The van der Waals surface area contributed by atoms with Crippen LogP contribution in [0.25, 0.3) is 11.0 Å². The molecule has 3 atom stereocenters. The number of carbonyl (C=O) groups is 1. The van der Waals surface area contributed by atoms with Crippen molar-refractivity contribution in [1.29, 1.82) is 0 Å². The van der Waals surface area contributed by atoms with E-state index in [2.05, 4.69) is 9.97 Å². The summed E-state index contributed by atoms with van der Waals surface area (Å²) in [4.78, 5) is 19.7. The molecule has 4 rings (SSSR count). The summed E-state index contributed by atoms with van der Waals surface area (Å²) >= 11 is 5.88. The molecule has 0 spiro atoms. The Bertz CT molecular complexity index is 712. The molecule has 0 saturated heterocycles. The number of aromatic nitrogens is 3. The number of carboxylic acids is 1. The van der Waals surface area contributed by atoms with Gasteiger partial charge < -0.3 is 9.67 Å². The van der Waals surface area contributed by atoms with Gasteiger partial charge in [0, 0.05) is 17.6 Å². The lowest BCUT2D eigenvalue weighted by Gasteiger charge is -2.25. The van der Waals surface area contributed by atoms with Crippen molar-refractivity contribution in [2.45, 2.75) is 31.7 Å². The van der Waals surface area contributed by atoms with Crippen LogP contribution in [0.15, 0.2) is 12.3 Å². The molecule has 2 aliphatic carbocycles. The highest BCUT2D eigenvalue weighted by Gasteiger charge is 2.42. The molecule has 0 aromatic carbocycles. The second kappa shape index (κ2) is 4.19. The van der Waals surface area contributed by atoms with Crippen LogP contribution in [0.5, 0.6) is 0 Å². The van der Waals surface area contributed by atoms with Gasteiger partial charge in [-0.15, -0.1) is 0 Å². The van der Waals surface area contributed by atoms with Gasteiger partial charge in [-0.05, 0) is 48.8 Å². The summed E-state index contributed by atoms with van der Waals surface area (Å²) in [5, 5.41) is 10.4. The van der Waals surface area contributed by atoms with Crippen molar-refractivity contribution in [3.63, 3.8) is 0 Å². The molecule has 2 aliphatic rings. The number of nitrogens with zero attached hydrogens (tertiary/aromatic N) is 3. The topological polar surface area (TPSA) is 68.0 Å². The highest BCUT2D eigenvalue weighted by Crippen LogP contribution is 2.51. The number of carboxylic acid groups (broad SMARTS) is 1. The first-order valence-electron chi connectivity index (χ1n) is 6.90. The van der Waals surface area contributed by atoms with Crippen LogP contribution >= 0.6 is 11.6 Å². The summed E-state index contributed by atoms with van der Waals surface area (Å²) in [6.07, 6.45) is 6.32. The van der Waals surface area contributed by atoms with Gasteiger partial charge in [-0.25, -0.2) is 9.78 Å². The van der Waals surface area contributed by atoms with E-state index < -0.39 is 5.97 Å². The average molecular weight is 292 g/mol. The maximum absolute atomic E-state index is 11.5. The lowest BCUT2D eigenvalue weighted by atomic mass is 9.95. The van der Waals surface area contributed by atoms with Crippen LogP contribution in [-0.2, 0) is 0 Å². The van der Waals surface area contributed by atoms with Crippen LogP contribution in [0.3, 0.4) is 0 Å². The number of aromatic carboxylic acids is 1. The molecule has 1 N–H and O–H groups in total. The highest BCUT2D eigenvalue weighted by atomic mass is 35.5. The fourth-order valence-corrected chi connectivity index (χ4v) is 4.14. The molecular weight excluding hydrogens is 278 g/mol. The van der Waals surface area contributed by atoms with Gasteiger partial charge in [0.05, 0.1) is 0 Å². The fourth-order valence-electron chi connectivity index (χ4n) is 4.01. The molecule has 104 valence electrons. The minimum Gasteiger partial charge on any atom is -0.477 e. The van der Waals surface area contributed by atoms with Crippen molar-refractivity contribution >= 4 is 28.6 Å². The van der Waals surface area contributed by atoms with Crippen molar-refractivity contribution in [3.8, 4) is 0 Å². The Balaban J connectivity index is 1.93. The minimum absolute atomic E-state index is 0.164. The van der Waals surface area contributed by atoms with Crippen molar-refractivity contribution in [1.82, 2.24) is 14.5 Å². The first-order valence-corrected chi connectivity index (χ1v) is 7.28. The zero-order valence-corrected chi connectivity index (χ0v) is 11.5. The van der Waals surface area contributed by atoms with Crippen LogP contribution in [-0.4, -0.2) is 25.6 Å². The first-order chi connectivity index (χ1) is 9.63. The molecular formula is C14H14ClN3O2. The third-order valence-electron chi connectivity index (χ3n) is 4.80. The van der Waals surface area contributed by atoms with E-state index in [4.69, 9.17) is 11.6 Å². The van der Waals surface area contributed by atoms with E-state index in [0.29, 0.717) is 17.3 Å². The standard InChI is InChI=1S/C14H14ClN3O2/c15-14-16-6-9-5-11(13(19)20)18(12(9)17-14)10-4-7-1-2-8(10)3-7/h5-8,10H,1-4H2,(H,19,20)/t7-,8+,10+/m1/s1. The highest BCUT2D eigenvalue weighted by molar-refractivity contribution is 6.28. The zero-order valence-electron chi connectivity index (χ0n) is 10.8. The lowest BCUT2D eigenvalue weighted by Crippen LogP contribution is -2.20. The van der Waals surface area contributed by atoms with Crippen LogP contribution in [0.2, 0.25) is 5.28 Å². The molecule has 2 saturated carbocycles. The number of halogens is 1. The molecule has 0 amide bonds. The Kier molecular flexibility index (Phi) is 2.54. The Morgan fingerprint density at radius 2 is 2.25 bits per heavy atom. The smallest absolute Gasteiger partial charge is 0.352 e. The summed E-state index contributed by atoms with van der Waals surface area (Å²) < 4.78 is 1.88. The molecule has 20 heavy (non-hydrogen) atoms. The third kappa shape index (κ3) is 1.66. The summed E-state index contributed by atoms with van der Waals surface area (Å²) in [5.41, 5.74) is 0.953. The molecule has 2 bridgehead atoms. The number of fused-ring (bicyclic) bond motifs is 3. The van der Waals surface area contributed by atoms with Crippen molar-refractivity contribution in [2.24, 2.45) is 11.8 Å². The van der Waals surface area contributed by atoms with Gasteiger partial charge in [0.1, 0.15) is 11.3 Å². The number of hydrogen-bond acceptors (Lipinski definition) is 3. The van der Waals surface area contributed by atoms with Gasteiger partial charge in [-0.1, -0.05) is 6.42 Å². The Morgan fingerprint density at radius 3 is 2.90 bits per heavy atom. The van der Waals surface area contributed by atoms with E-state index in [1.165, 1.54) is 19.3 Å². The molecule has 2 aromatic rings. The quantitative estimate of drug-likeness (QED) is 0.863. The molecule has 2 heterocycles. The molecule has 2 fully saturated rings. The van der Waals surface area contributed by atoms with Gasteiger partial charge >= 0.3 is 5.97 Å². The largest absolute Gasteiger partial charge is 0.477 e. The second-order valence-electron chi connectivity index (χ2n) is 5.86. The van der Waals surface area contributed by atoms with Crippen molar-refractivity contribution in [2.75, 3.05) is 0 Å². The van der Waals surface area contributed by atoms with Gasteiger partial charge in [-0.2, -0.15) is 4.98 Å². The Hall–Kier alpha value is -1.62. The van der Waals surface area contributed by atoms with Gasteiger partial charge in [0.25, 0.3) is 0 Å². The van der Waals surface area contributed by atoms with Gasteiger partial charge in [0.2, 0.25) is 5.28 Å². The van der Waals surface area contributed by atoms with Gasteiger partial charge in [0.15, 0.2) is 0 Å². The second-order valence-corrected chi connectivity index (χ2v) is 6.20. The average Bonchev–Trinajstić information content (AvgIpc) is 3.10. The van der Waals surface area contributed by atoms with E-state index in [-0.39, 0.29) is 11.3 Å². The van der Waals surface area contributed by atoms with Crippen LogP contribution in [0.4, 0.5) is 0 Å². The summed E-state index contributed by atoms with van der Waals surface area (Å²) in [6, 6.07) is 1.89. The lowest BCUT2D eigenvalue weighted by molar-refractivity contribution is 0.0681. The fraction of sp³-hybridized carbons (Fsp3) is 0.500. The normalized spacial score (nSPS) is 28.4. The number of rotatable bonds is 2. The monoisotopic (exact) mass is 291 g/mol. The van der Waals surface area contributed by atoms with Crippen LogP contribution in [0, 0.1) is 11.8 Å². The summed E-state index contributed by atoms with van der Waals surface area (Å²) in [6.45, 7) is 0. The maximum Gasteiger partial charge on any atom is 0.352 e. The summed E-state index contributed by atoms with van der Waals surface area (Å²) in [5.74, 6) is 0.394. The minimum atomic E-state index is -0.915.